The molecule has 31 heavy (non-hydrogen) atoms. The summed E-state index contributed by atoms with van der Waals surface area (Å²) in [6.07, 6.45) is 2.26. The van der Waals surface area contributed by atoms with Gasteiger partial charge < -0.3 is 30.0 Å². The van der Waals surface area contributed by atoms with Gasteiger partial charge >= 0.3 is 0 Å². The largest absolute Gasteiger partial charge is 0.493 e. The zero-order valence-corrected chi connectivity index (χ0v) is 20.5. The Morgan fingerprint density at radius 2 is 1.65 bits per heavy atom. The Labute approximate surface area is 201 Å². The van der Waals surface area contributed by atoms with Crippen molar-refractivity contribution in [1.82, 2.24) is 5.32 Å². The van der Waals surface area contributed by atoms with Crippen LogP contribution in [0.3, 0.4) is 0 Å². The van der Waals surface area contributed by atoms with Crippen LogP contribution in [-0.2, 0) is 29.2 Å². The molecule has 3 rings (SSSR count). The van der Waals surface area contributed by atoms with Crippen LogP contribution >= 0.6 is 24.0 Å². The quantitative estimate of drug-likeness (QED) is 0.287. The molecule has 0 aliphatic carbocycles. The molecule has 1 aliphatic heterocycles. The second-order valence-corrected chi connectivity index (χ2v) is 7.18. The maximum Gasteiger partial charge on any atom is 0.189 e. The van der Waals surface area contributed by atoms with Crippen LogP contribution < -0.4 is 20.5 Å². The molecule has 0 unspecified atom stereocenters. The van der Waals surface area contributed by atoms with Gasteiger partial charge in [-0.25, -0.2) is 4.99 Å². The number of nitrogens with zero attached hydrogens (tertiary/aromatic N) is 1. The van der Waals surface area contributed by atoms with Crippen LogP contribution in [0.1, 0.15) is 29.5 Å². The van der Waals surface area contributed by atoms with Gasteiger partial charge in [0.25, 0.3) is 0 Å². The fourth-order valence-electron chi connectivity index (χ4n) is 3.21. The Morgan fingerprint density at radius 3 is 2.32 bits per heavy atom. The monoisotopic (exact) mass is 541 g/mol. The van der Waals surface area contributed by atoms with Crippen molar-refractivity contribution in [3.63, 3.8) is 0 Å². The summed E-state index contributed by atoms with van der Waals surface area (Å²) in [5.41, 5.74) is 9.30. The van der Waals surface area contributed by atoms with E-state index in [-0.39, 0.29) is 24.0 Å². The van der Waals surface area contributed by atoms with Gasteiger partial charge in [0, 0.05) is 19.8 Å². The SMILES string of the molecule is COc1ccc(CN=C(N)NCc2ccc(COC3CCOCC3)cc2)cc1OC.I. The van der Waals surface area contributed by atoms with E-state index >= 15 is 0 Å². The van der Waals surface area contributed by atoms with Crippen LogP contribution in [0, 0.1) is 0 Å². The molecule has 1 fully saturated rings. The Kier molecular flexibility index (Phi) is 10.9. The Bertz CT molecular complexity index is 824. The second kappa shape index (κ2) is 13.4. The van der Waals surface area contributed by atoms with E-state index in [1.807, 2.05) is 18.2 Å². The predicted molar refractivity (Wildman–Crippen MR) is 132 cm³/mol. The van der Waals surface area contributed by atoms with Crippen molar-refractivity contribution in [2.24, 2.45) is 10.7 Å². The Morgan fingerprint density at radius 1 is 1.00 bits per heavy atom. The first kappa shape index (κ1) is 25.2. The van der Waals surface area contributed by atoms with E-state index in [0.717, 1.165) is 37.2 Å². The lowest BCUT2D eigenvalue weighted by atomic mass is 10.1. The average molecular weight is 541 g/mol. The third-order valence-electron chi connectivity index (χ3n) is 5.03. The molecule has 0 amide bonds. The molecule has 2 aromatic carbocycles. The Hall–Kier alpha value is -2.04. The van der Waals surface area contributed by atoms with Gasteiger partial charge in [0.2, 0.25) is 0 Å². The van der Waals surface area contributed by atoms with Crippen molar-refractivity contribution in [1.29, 1.82) is 0 Å². The molecule has 1 heterocycles. The smallest absolute Gasteiger partial charge is 0.189 e. The molecule has 1 saturated heterocycles. The highest BCUT2D eigenvalue weighted by Gasteiger charge is 2.13. The summed E-state index contributed by atoms with van der Waals surface area (Å²) < 4.78 is 21.9. The molecule has 8 heteroatoms. The molecule has 3 N–H and O–H groups in total. The van der Waals surface area contributed by atoms with Gasteiger partial charge in [-0.3, -0.25) is 0 Å². The maximum atomic E-state index is 6.01. The van der Waals surface area contributed by atoms with Gasteiger partial charge in [-0.15, -0.1) is 24.0 Å². The van der Waals surface area contributed by atoms with Crippen LogP contribution in [0.15, 0.2) is 47.5 Å². The van der Waals surface area contributed by atoms with Crippen LogP contribution in [-0.4, -0.2) is 39.5 Å². The third-order valence-corrected chi connectivity index (χ3v) is 5.03. The number of nitrogens with one attached hydrogen (secondary N) is 1. The van der Waals surface area contributed by atoms with Crippen LogP contribution in [0.25, 0.3) is 0 Å². The molecule has 0 spiro atoms. The summed E-state index contributed by atoms with van der Waals surface area (Å²) in [4.78, 5) is 4.40. The Balaban J connectivity index is 0.00000341. The summed E-state index contributed by atoms with van der Waals surface area (Å²) in [5, 5.41) is 3.15. The van der Waals surface area contributed by atoms with E-state index in [1.54, 1.807) is 14.2 Å². The van der Waals surface area contributed by atoms with Crippen molar-refractivity contribution in [2.75, 3.05) is 27.4 Å². The average Bonchev–Trinajstić information content (AvgIpc) is 2.81. The van der Waals surface area contributed by atoms with Gasteiger partial charge in [-0.05, 0) is 41.7 Å². The molecule has 1 aliphatic rings. The second-order valence-electron chi connectivity index (χ2n) is 7.18. The molecule has 0 aromatic heterocycles. The number of halogens is 1. The molecule has 0 bridgehead atoms. The van der Waals surface area contributed by atoms with E-state index in [2.05, 4.69) is 34.6 Å². The lowest BCUT2D eigenvalue weighted by Gasteiger charge is -2.22. The summed E-state index contributed by atoms with van der Waals surface area (Å²) in [7, 11) is 3.23. The predicted octanol–water partition coefficient (Wildman–Crippen LogP) is 3.62. The van der Waals surface area contributed by atoms with Crippen molar-refractivity contribution in [3.8, 4) is 11.5 Å². The first-order valence-electron chi connectivity index (χ1n) is 10.2. The molecule has 170 valence electrons. The molecule has 7 nitrogen and oxygen atoms in total. The van der Waals surface area contributed by atoms with Gasteiger partial charge in [0.15, 0.2) is 17.5 Å². The van der Waals surface area contributed by atoms with Gasteiger partial charge in [0.1, 0.15) is 0 Å². The highest BCUT2D eigenvalue weighted by atomic mass is 127. The molecule has 2 aromatic rings. The number of hydrogen-bond donors (Lipinski definition) is 2. The number of aliphatic imine (C=N–C) groups is 1. The number of guanidine groups is 1. The first-order valence-corrected chi connectivity index (χ1v) is 10.2. The third kappa shape index (κ3) is 8.19. The number of nitrogens with two attached hydrogens (primary N) is 1. The van der Waals surface area contributed by atoms with Crippen molar-refractivity contribution >= 4 is 29.9 Å². The van der Waals surface area contributed by atoms with Gasteiger partial charge in [-0.1, -0.05) is 30.3 Å². The first-order chi connectivity index (χ1) is 14.7. The summed E-state index contributed by atoms with van der Waals surface area (Å²) in [5.74, 6) is 1.77. The van der Waals surface area contributed by atoms with Crippen molar-refractivity contribution < 1.29 is 18.9 Å². The van der Waals surface area contributed by atoms with Gasteiger partial charge in [-0.2, -0.15) is 0 Å². The van der Waals surface area contributed by atoms with E-state index in [0.29, 0.717) is 43.3 Å². The van der Waals surface area contributed by atoms with Crippen molar-refractivity contribution in [2.45, 2.75) is 38.6 Å². The minimum absolute atomic E-state index is 0. The molecular formula is C23H32IN3O4. The minimum atomic E-state index is 0. The van der Waals surface area contributed by atoms with Gasteiger partial charge in [0.05, 0.1) is 33.5 Å². The van der Waals surface area contributed by atoms with Crippen LogP contribution in [0.4, 0.5) is 0 Å². The normalized spacial score (nSPS) is 14.6. The van der Waals surface area contributed by atoms with E-state index in [1.165, 1.54) is 5.56 Å². The zero-order chi connectivity index (χ0) is 21.2. The summed E-state index contributed by atoms with van der Waals surface area (Å²) >= 11 is 0. The number of hydrogen-bond acceptors (Lipinski definition) is 5. The molecule has 0 saturated carbocycles. The molecule has 0 atom stereocenters. The highest BCUT2D eigenvalue weighted by Crippen LogP contribution is 2.27. The lowest BCUT2D eigenvalue weighted by molar-refractivity contribution is -0.0390. The maximum absolute atomic E-state index is 6.01. The molecular weight excluding hydrogens is 509 g/mol. The number of rotatable bonds is 9. The fraction of sp³-hybridized carbons (Fsp3) is 0.435. The van der Waals surface area contributed by atoms with E-state index in [9.17, 15) is 0 Å². The van der Waals surface area contributed by atoms with Crippen LogP contribution in [0.2, 0.25) is 0 Å². The minimum Gasteiger partial charge on any atom is -0.493 e. The molecule has 0 radical (unpaired) electrons. The van der Waals surface area contributed by atoms with Crippen molar-refractivity contribution in [3.05, 3.63) is 59.2 Å². The topological polar surface area (TPSA) is 87.3 Å². The standard InChI is InChI=1S/C23H31N3O4.HI/c1-27-21-8-7-19(13-22(21)28-2)15-26-23(24)25-14-17-3-5-18(6-4-17)16-30-20-9-11-29-12-10-20;/h3-8,13,20H,9-12,14-16H2,1-2H3,(H3,24,25,26);1H. The zero-order valence-electron chi connectivity index (χ0n) is 18.1. The van der Waals surface area contributed by atoms with E-state index in [4.69, 9.17) is 24.7 Å². The highest BCUT2D eigenvalue weighted by molar-refractivity contribution is 14.0. The summed E-state index contributed by atoms with van der Waals surface area (Å²) in [6, 6.07) is 14.0. The van der Waals surface area contributed by atoms with E-state index < -0.39 is 0 Å². The number of benzene rings is 2. The fourth-order valence-corrected chi connectivity index (χ4v) is 3.21. The number of methoxy groups -OCH3 is 2. The van der Waals surface area contributed by atoms with Crippen LogP contribution in [0.5, 0.6) is 11.5 Å². The number of ether oxygens (including phenoxy) is 4. The lowest BCUT2D eigenvalue weighted by Crippen LogP contribution is -2.31. The summed E-state index contributed by atoms with van der Waals surface area (Å²) in [6.45, 7) is 3.30.